The monoisotopic (exact) mass is 317 g/mol. The van der Waals surface area contributed by atoms with Crippen LogP contribution < -0.4 is 5.56 Å². The van der Waals surface area contributed by atoms with E-state index < -0.39 is 16.4 Å². The summed E-state index contributed by atoms with van der Waals surface area (Å²) in [5.74, 6) is -0.745. The number of aromatic nitrogens is 2. The Morgan fingerprint density at radius 2 is 1.56 bits per heavy atom. The molecule has 0 bridgehead atoms. The Bertz CT molecular complexity index is 797. The number of carbonyl (C=O) groups is 1. The second-order valence-electron chi connectivity index (χ2n) is 5.66. The quantitative estimate of drug-likeness (QED) is 0.598. The van der Waals surface area contributed by atoms with Gasteiger partial charge in [0.15, 0.2) is 0 Å². The Kier molecular flexibility index (Phi) is 5.45. The SMILES string of the molecule is [B]C([B])([B])N(C(=O)c1ccc(Cn2cnccc2=O)cc1)C([B])([B])[B]. The summed E-state index contributed by atoms with van der Waals surface area (Å²) in [6.07, 6.45) is 2.83. The highest BCUT2D eigenvalue weighted by atomic mass is 16.2. The van der Waals surface area contributed by atoms with Crippen LogP contribution in [-0.2, 0) is 6.54 Å². The Morgan fingerprint density at radius 3 is 2.04 bits per heavy atom. The van der Waals surface area contributed by atoms with Gasteiger partial charge in [-0.05, 0) is 17.7 Å². The molecule has 1 amide bonds. The lowest BCUT2D eigenvalue weighted by atomic mass is 9.40. The predicted molar refractivity (Wildman–Crippen MR) is 100 cm³/mol. The molecule has 0 saturated heterocycles. The summed E-state index contributed by atoms with van der Waals surface area (Å²) in [7, 11) is 33.2. The average Bonchev–Trinajstić information content (AvgIpc) is 2.47. The number of amides is 1. The van der Waals surface area contributed by atoms with Crippen molar-refractivity contribution in [2.24, 2.45) is 0 Å². The van der Waals surface area contributed by atoms with Gasteiger partial charge in [-0.3, -0.25) is 14.2 Å². The van der Waals surface area contributed by atoms with Gasteiger partial charge in [0.25, 0.3) is 11.5 Å². The Labute approximate surface area is 154 Å². The number of benzene rings is 1. The van der Waals surface area contributed by atoms with Crippen molar-refractivity contribution in [1.29, 1.82) is 0 Å². The molecule has 5 nitrogen and oxygen atoms in total. The predicted octanol–water partition coefficient (Wildman–Crippen LogP) is -2.03. The average molecular weight is 316 g/mol. The summed E-state index contributed by atoms with van der Waals surface area (Å²) in [4.78, 5) is 28.7. The van der Waals surface area contributed by atoms with Crippen LogP contribution in [-0.4, -0.2) is 77.9 Å². The molecular formula is C14H9B6N3O2. The van der Waals surface area contributed by atoms with Crippen molar-refractivity contribution in [3.63, 3.8) is 0 Å². The van der Waals surface area contributed by atoms with Crippen molar-refractivity contribution in [3.05, 3.63) is 64.3 Å². The van der Waals surface area contributed by atoms with Crippen LogP contribution in [0.4, 0.5) is 0 Å². The Morgan fingerprint density at radius 1 is 1.00 bits per heavy atom. The summed E-state index contributed by atoms with van der Waals surface area (Å²) in [6, 6.07) is 7.61. The number of hydrogen-bond acceptors (Lipinski definition) is 3. The summed E-state index contributed by atoms with van der Waals surface area (Å²) in [6.45, 7) is 0.286. The van der Waals surface area contributed by atoms with Crippen molar-refractivity contribution in [2.75, 3.05) is 0 Å². The molecule has 0 aliphatic carbocycles. The van der Waals surface area contributed by atoms with Crippen LogP contribution in [0, 0.1) is 0 Å². The second kappa shape index (κ2) is 7.06. The van der Waals surface area contributed by atoms with E-state index in [0.29, 0.717) is 4.90 Å². The minimum Gasteiger partial charge on any atom is -0.378 e. The van der Waals surface area contributed by atoms with Gasteiger partial charge in [-0.2, -0.15) is 0 Å². The third-order valence-corrected chi connectivity index (χ3v) is 3.32. The van der Waals surface area contributed by atoms with Crippen LogP contribution in [0.15, 0.2) is 47.7 Å². The molecular weight excluding hydrogens is 307 g/mol. The molecule has 2 rings (SSSR count). The van der Waals surface area contributed by atoms with Crippen LogP contribution in [0.3, 0.4) is 0 Å². The number of hydrogen-bond donors (Lipinski definition) is 0. The topological polar surface area (TPSA) is 55.2 Å². The van der Waals surface area contributed by atoms with E-state index in [0.717, 1.165) is 5.56 Å². The van der Waals surface area contributed by atoms with E-state index in [2.05, 4.69) is 4.98 Å². The molecule has 0 atom stereocenters. The molecule has 0 saturated carbocycles. The number of carbonyl (C=O) groups excluding carboxylic acids is 1. The largest absolute Gasteiger partial charge is 0.378 e. The summed E-state index contributed by atoms with van der Waals surface area (Å²) in [5, 5.41) is -4.31. The smallest absolute Gasteiger partial charge is 0.253 e. The van der Waals surface area contributed by atoms with Gasteiger partial charge in [0.2, 0.25) is 0 Å². The van der Waals surface area contributed by atoms with Crippen LogP contribution in [0.2, 0.25) is 0 Å². The molecule has 2 aromatic rings. The lowest BCUT2D eigenvalue weighted by molar-refractivity contribution is 0.0744. The molecule has 0 unspecified atom stereocenters. The molecule has 0 aliphatic heterocycles. The Hall–Kier alpha value is -2.04. The van der Waals surface area contributed by atoms with Crippen molar-refractivity contribution in [1.82, 2.24) is 14.5 Å². The van der Waals surface area contributed by atoms with E-state index in [9.17, 15) is 9.59 Å². The van der Waals surface area contributed by atoms with Gasteiger partial charge in [0.05, 0.1) is 59.9 Å². The summed E-state index contributed by atoms with van der Waals surface area (Å²) < 4.78 is 1.42. The molecule has 110 valence electrons. The standard InChI is InChI=1S/C14H9B6N3O2/c15-13(16,17)23(14(18,19)20)12(25)10-3-1-9(2-4-10)7-22-8-21-6-5-11(22)24/h1-6,8H,7H2. The van der Waals surface area contributed by atoms with Gasteiger partial charge >= 0.3 is 0 Å². The van der Waals surface area contributed by atoms with Gasteiger partial charge in [-0.1, -0.05) is 22.6 Å². The Balaban J connectivity index is 2.25. The maximum absolute atomic E-state index is 12.5. The highest BCUT2D eigenvalue weighted by molar-refractivity contribution is 6.64. The maximum atomic E-state index is 12.5. The van der Waals surface area contributed by atoms with E-state index in [1.54, 1.807) is 12.1 Å². The fourth-order valence-corrected chi connectivity index (χ4v) is 2.26. The molecule has 1 aromatic heterocycles. The number of nitrogens with zero attached hydrogens (tertiary/aromatic N) is 3. The first kappa shape index (κ1) is 19.3. The molecule has 0 aliphatic rings. The highest BCUT2D eigenvalue weighted by Gasteiger charge is 2.33. The normalized spacial score (nSPS) is 11.8. The van der Waals surface area contributed by atoms with Gasteiger partial charge in [-0.25, -0.2) is 4.98 Å². The lowest BCUT2D eigenvalue weighted by Crippen LogP contribution is -2.65. The van der Waals surface area contributed by atoms with Gasteiger partial charge in [0.1, 0.15) is 0 Å². The molecule has 12 radical (unpaired) electrons. The van der Waals surface area contributed by atoms with Crippen molar-refractivity contribution in [2.45, 2.75) is 17.0 Å². The van der Waals surface area contributed by atoms with E-state index in [4.69, 9.17) is 47.1 Å². The first-order chi connectivity index (χ1) is 11.5. The van der Waals surface area contributed by atoms with Crippen molar-refractivity contribution in [3.8, 4) is 0 Å². The van der Waals surface area contributed by atoms with E-state index in [-0.39, 0.29) is 17.7 Å². The van der Waals surface area contributed by atoms with Crippen molar-refractivity contribution < 1.29 is 4.79 Å². The third kappa shape index (κ3) is 4.74. The zero-order valence-corrected chi connectivity index (χ0v) is 13.4. The fraction of sp³-hybridized carbons (Fsp3) is 0.214. The minimum absolute atomic E-state index is 0.165. The molecule has 1 heterocycles. The van der Waals surface area contributed by atoms with E-state index in [1.807, 2.05) is 0 Å². The van der Waals surface area contributed by atoms with E-state index in [1.165, 1.54) is 35.3 Å². The zero-order chi connectivity index (χ0) is 18.8. The van der Waals surface area contributed by atoms with E-state index >= 15 is 0 Å². The van der Waals surface area contributed by atoms with Crippen LogP contribution in [0.25, 0.3) is 0 Å². The van der Waals surface area contributed by atoms with Gasteiger partial charge in [-0.15, -0.1) is 0 Å². The second-order valence-corrected chi connectivity index (χ2v) is 5.66. The summed E-state index contributed by atoms with van der Waals surface area (Å²) in [5.41, 5.74) is 0.732. The lowest BCUT2D eigenvalue weighted by Gasteiger charge is -2.48. The fourth-order valence-electron chi connectivity index (χ4n) is 2.26. The maximum Gasteiger partial charge on any atom is 0.253 e. The molecule has 25 heavy (non-hydrogen) atoms. The molecule has 0 N–H and O–H groups in total. The first-order valence-corrected chi connectivity index (χ1v) is 7.17. The molecule has 0 fully saturated rings. The molecule has 0 spiro atoms. The van der Waals surface area contributed by atoms with Crippen LogP contribution in [0.5, 0.6) is 0 Å². The van der Waals surface area contributed by atoms with Gasteiger partial charge < -0.3 is 4.90 Å². The first-order valence-electron chi connectivity index (χ1n) is 7.17. The van der Waals surface area contributed by atoms with Crippen molar-refractivity contribution >= 4 is 53.0 Å². The third-order valence-electron chi connectivity index (χ3n) is 3.32. The molecule has 11 heteroatoms. The number of rotatable bonds is 5. The summed E-state index contributed by atoms with van der Waals surface area (Å²) >= 11 is 0. The van der Waals surface area contributed by atoms with Gasteiger partial charge in [0, 0.05) is 17.8 Å². The zero-order valence-electron chi connectivity index (χ0n) is 13.4. The molecule has 1 aromatic carbocycles. The van der Waals surface area contributed by atoms with Crippen LogP contribution in [0.1, 0.15) is 15.9 Å². The minimum atomic E-state index is -2.16. The highest BCUT2D eigenvalue weighted by Crippen LogP contribution is 2.18. The van der Waals surface area contributed by atoms with Crippen LogP contribution >= 0.6 is 0 Å².